The van der Waals surface area contributed by atoms with Crippen molar-refractivity contribution in [1.29, 1.82) is 0 Å². The van der Waals surface area contributed by atoms with E-state index in [1.54, 1.807) is 23.0 Å². The van der Waals surface area contributed by atoms with Crippen molar-refractivity contribution in [3.05, 3.63) is 44.5 Å². The normalized spacial score (nSPS) is 20.0. The molecule has 0 radical (unpaired) electrons. The van der Waals surface area contributed by atoms with Crippen molar-refractivity contribution < 1.29 is 24.3 Å². The van der Waals surface area contributed by atoms with Gasteiger partial charge in [0.05, 0.1) is 11.2 Å². The number of oxime groups is 1. The van der Waals surface area contributed by atoms with Gasteiger partial charge in [0.2, 0.25) is 0 Å². The number of carboxylic acid groups (broad SMARTS) is 1. The zero-order valence-corrected chi connectivity index (χ0v) is 19.8. The van der Waals surface area contributed by atoms with Crippen LogP contribution in [-0.2, 0) is 19.2 Å². The van der Waals surface area contributed by atoms with E-state index in [1.165, 1.54) is 35.1 Å². The minimum absolute atomic E-state index is 0. The first-order valence-corrected chi connectivity index (χ1v) is 12.2. The number of hydrogen-bond acceptors (Lipinski definition) is 11. The summed E-state index contributed by atoms with van der Waals surface area (Å²) in [5.41, 5.74) is 8.68. The number of nitrogens with zero attached hydrogens (tertiary/aromatic N) is 4. The predicted octanol–water partition coefficient (Wildman–Crippen LogP) is 0.644. The molecule has 1 fully saturated rings. The van der Waals surface area contributed by atoms with Crippen molar-refractivity contribution in [2.24, 2.45) is 5.16 Å². The Morgan fingerprint density at radius 2 is 2.15 bits per heavy atom. The summed E-state index contributed by atoms with van der Waals surface area (Å²) in [6.07, 6.45) is 3.49. The number of allylic oxidation sites excluding steroid dienone is 1. The first-order chi connectivity index (χ1) is 15.8. The summed E-state index contributed by atoms with van der Waals surface area (Å²) in [6.45, 7) is 1.86. The van der Waals surface area contributed by atoms with Gasteiger partial charge in [-0.15, -0.1) is 34.4 Å². The molecule has 0 spiro atoms. The Labute approximate surface area is 228 Å². The number of thiazole rings is 2. The SMILES string of the molecule is CO/N=C(/C(=O)N[C@@H]1C(=O)N2C(C(=O)O)=C(/C=C/c3scnc3C)CS[C@H]12)c1csc(N)n1.[NaH]. The fraction of sp³-hybridized carbons (Fsp3) is 0.263. The van der Waals surface area contributed by atoms with E-state index in [1.807, 2.05) is 6.92 Å². The summed E-state index contributed by atoms with van der Waals surface area (Å²) in [6, 6.07) is -0.913. The number of thioether (sulfide) groups is 1. The van der Waals surface area contributed by atoms with Gasteiger partial charge in [-0.2, -0.15) is 0 Å². The average Bonchev–Trinajstić information content (AvgIpc) is 3.40. The Morgan fingerprint density at radius 3 is 2.74 bits per heavy atom. The number of nitrogens with one attached hydrogen (secondary N) is 1. The van der Waals surface area contributed by atoms with E-state index in [2.05, 4.69) is 20.4 Å². The van der Waals surface area contributed by atoms with Gasteiger partial charge >= 0.3 is 35.5 Å². The molecule has 4 N–H and O–H groups in total. The molecule has 0 aliphatic carbocycles. The molecule has 34 heavy (non-hydrogen) atoms. The number of aryl methyl sites for hydroxylation is 1. The van der Waals surface area contributed by atoms with Crippen LogP contribution >= 0.6 is 34.4 Å². The zero-order valence-electron chi connectivity index (χ0n) is 17.3. The van der Waals surface area contributed by atoms with Gasteiger partial charge in [0.15, 0.2) is 10.8 Å². The zero-order chi connectivity index (χ0) is 23.7. The molecule has 0 bridgehead atoms. The number of nitrogen functional groups attached to an aromatic ring is 1. The molecule has 11 nitrogen and oxygen atoms in total. The molecule has 2 aromatic rings. The Kier molecular flexibility index (Phi) is 8.54. The van der Waals surface area contributed by atoms with Crippen LogP contribution in [0.5, 0.6) is 0 Å². The van der Waals surface area contributed by atoms with Crippen LogP contribution in [0.3, 0.4) is 0 Å². The number of aromatic nitrogens is 2. The third-order valence-corrected chi connectivity index (χ3v) is 7.74. The van der Waals surface area contributed by atoms with Crippen LogP contribution in [0.1, 0.15) is 16.3 Å². The number of rotatable bonds is 7. The van der Waals surface area contributed by atoms with Gasteiger partial charge in [0.25, 0.3) is 11.8 Å². The molecular weight excluding hydrogens is 511 g/mol. The fourth-order valence-corrected chi connectivity index (χ4v) is 5.88. The number of fused-ring (bicyclic) bond motifs is 1. The summed E-state index contributed by atoms with van der Waals surface area (Å²) in [5.74, 6) is -2.04. The summed E-state index contributed by atoms with van der Waals surface area (Å²) in [5, 5.41) is 17.4. The molecule has 2 aromatic heterocycles. The standard InChI is InChI=1S/C19H18N6O5S3.Na.H/c1-8-11(33-7-21-8)4-3-9-5-31-17-13(16(27)25(17)14(9)18(28)29)23-15(26)12(24-30-2)10-6-32-19(20)22-10;;/h3-4,6-7,13,17H,5H2,1-2H3,(H2,20,22)(H,23,26)(H,28,29);;/b4-3+,24-12+;;/t13-,17-;;/m1../s1. The molecule has 0 saturated carbocycles. The van der Waals surface area contributed by atoms with E-state index in [0.29, 0.717) is 11.3 Å². The van der Waals surface area contributed by atoms with Crippen LogP contribution in [0.15, 0.2) is 33.4 Å². The number of amides is 2. The maximum absolute atomic E-state index is 12.9. The average molecular weight is 531 g/mol. The molecule has 4 heterocycles. The summed E-state index contributed by atoms with van der Waals surface area (Å²) >= 11 is 3.94. The first-order valence-electron chi connectivity index (χ1n) is 9.44. The van der Waals surface area contributed by atoms with Crippen molar-refractivity contribution >= 4 is 98.7 Å². The molecule has 174 valence electrons. The van der Waals surface area contributed by atoms with Crippen molar-refractivity contribution in [1.82, 2.24) is 20.2 Å². The number of carbonyl (C=O) groups excluding carboxylic acids is 2. The number of anilines is 1. The van der Waals surface area contributed by atoms with E-state index in [0.717, 1.165) is 21.9 Å². The number of β-lactam (4-membered cyclic amide) rings is 1. The summed E-state index contributed by atoms with van der Waals surface area (Å²) < 4.78 is 0. The molecule has 0 unspecified atom stereocenters. The van der Waals surface area contributed by atoms with Gasteiger partial charge in [0, 0.05) is 16.0 Å². The molecule has 2 aliphatic heterocycles. The van der Waals surface area contributed by atoms with Gasteiger partial charge in [-0.1, -0.05) is 11.2 Å². The first kappa shape index (κ1) is 26.4. The van der Waals surface area contributed by atoms with Crippen molar-refractivity contribution in [2.75, 3.05) is 18.6 Å². The fourth-order valence-electron chi connectivity index (χ4n) is 3.32. The number of carboxylic acids is 1. The minimum atomic E-state index is -1.21. The van der Waals surface area contributed by atoms with Gasteiger partial charge < -0.3 is 21.0 Å². The van der Waals surface area contributed by atoms with E-state index >= 15 is 0 Å². The van der Waals surface area contributed by atoms with E-state index in [4.69, 9.17) is 10.6 Å². The second-order valence-electron chi connectivity index (χ2n) is 6.87. The van der Waals surface area contributed by atoms with Gasteiger partial charge in [-0.25, -0.2) is 14.8 Å². The van der Waals surface area contributed by atoms with Crippen LogP contribution in [0, 0.1) is 6.92 Å². The molecule has 2 amide bonds. The molecule has 2 aliphatic rings. The Bertz CT molecular complexity index is 1220. The van der Waals surface area contributed by atoms with Crippen molar-refractivity contribution in [3.63, 3.8) is 0 Å². The molecule has 2 atom stereocenters. The maximum atomic E-state index is 12.9. The number of carbonyl (C=O) groups is 3. The second kappa shape index (κ2) is 11.0. The van der Waals surface area contributed by atoms with Crippen LogP contribution < -0.4 is 11.1 Å². The van der Waals surface area contributed by atoms with Crippen LogP contribution in [0.2, 0.25) is 0 Å². The molecule has 15 heteroatoms. The van der Waals surface area contributed by atoms with Gasteiger partial charge in [0.1, 0.15) is 29.9 Å². The van der Waals surface area contributed by atoms with E-state index in [9.17, 15) is 19.5 Å². The molecule has 0 aromatic carbocycles. The van der Waals surface area contributed by atoms with Crippen LogP contribution in [0.4, 0.5) is 5.13 Å². The number of hydrogen-bond donors (Lipinski definition) is 3. The Morgan fingerprint density at radius 1 is 1.38 bits per heavy atom. The monoisotopic (exact) mass is 530 g/mol. The molecule has 1 saturated heterocycles. The van der Waals surface area contributed by atoms with Crippen molar-refractivity contribution in [3.8, 4) is 0 Å². The van der Waals surface area contributed by atoms with Gasteiger partial charge in [-0.05, 0) is 18.6 Å². The number of aliphatic carboxylic acids is 1. The van der Waals surface area contributed by atoms with Crippen molar-refractivity contribution in [2.45, 2.75) is 18.3 Å². The third kappa shape index (κ3) is 5.06. The summed E-state index contributed by atoms with van der Waals surface area (Å²) in [4.78, 5) is 52.7. The quantitative estimate of drug-likeness (QED) is 0.202. The predicted molar refractivity (Wildman–Crippen MR) is 133 cm³/mol. The van der Waals surface area contributed by atoms with Gasteiger partial charge in [-0.3, -0.25) is 14.5 Å². The van der Waals surface area contributed by atoms with Crippen LogP contribution in [0.25, 0.3) is 6.08 Å². The van der Waals surface area contributed by atoms with E-state index < -0.39 is 29.2 Å². The Balaban J connectivity index is 0.00000324. The van der Waals surface area contributed by atoms with Crippen LogP contribution in [-0.4, -0.2) is 97.3 Å². The molecular formula is C19H19N6NaO5S3. The van der Waals surface area contributed by atoms with E-state index in [-0.39, 0.29) is 51.8 Å². The third-order valence-electron chi connectivity index (χ3n) is 4.87. The number of nitrogens with two attached hydrogens (primary N) is 1. The second-order valence-corrected chi connectivity index (χ2v) is 9.75. The molecule has 4 rings (SSSR count). The summed E-state index contributed by atoms with van der Waals surface area (Å²) in [7, 11) is 1.28. The topological polar surface area (TPSA) is 160 Å². The Hall–Kier alpha value is -2.23.